The average molecular weight is 332 g/mol. The van der Waals surface area contributed by atoms with E-state index in [0.717, 1.165) is 31.9 Å². The standard InChI is InChI=1S/C20H32N2O2/c1-16-4-3-5-17(14-16)19(23)15-21-18-6-8-20(2,9-7-18)22-10-12-24-13-11-22/h3-5,14,18-19,21,23H,6-13,15H2,1-2H3. The summed E-state index contributed by atoms with van der Waals surface area (Å²) < 4.78 is 5.49. The number of rotatable bonds is 5. The Hall–Kier alpha value is -0.940. The molecule has 2 N–H and O–H groups in total. The van der Waals surface area contributed by atoms with Gasteiger partial charge in [0.1, 0.15) is 0 Å². The Labute approximate surface area is 146 Å². The minimum absolute atomic E-state index is 0.330. The predicted molar refractivity (Wildman–Crippen MR) is 97.2 cm³/mol. The highest BCUT2D eigenvalue weighted by Crippen LogP contribution is 2.34. The molecule has 1 atom stereocenters. The third kappa shape index (κ3) is 4.37. The van der Waals surface area contributed by atoms with Crippen molar-refractivity contribution >= 4 is 0 Å². The predicted octanol–water partition coefficient (Wildman–Crippen LogP) is 2.65. The number of aryl methyl sites for hydroxylation is 1. The highest BCUT2D eigenvalue weighted by molar-refractivity contribution is 5.24. The van der Waals surface area contributed by atoms with Gasteiger partial charge < -0.3 is 15.2 Å². The molecule has 1 aliphatic heterocycles. The van der Waals surface area contributed by atoms with Gasteiger partial charge in [0, 0.05) is 31.2 Å². The fourth-order valence-corrected chi connectivity index (χ4v) is 4.14. The van der Waals surface area contributed by atoms with Crippen molar-refractivity contribution in [2.45, 2.75) is 57.2 Å². The van der Waals surface area contributed by atoms with Gasteiger partial charge in [-0.3, -0.25) is 4.90 Å². The molecule has 1 unspecified atom stereocenters. The van der Waals surface area contributed by atoms with Crippen molar-refractivity contribution in [1.82, 2.24) is 10.2 Å². The molecule has 4 heteroatoms. The van der Waals surface area contributed by atoms with Crippen LogP contribution < -0.4 is 5.32 Å². The van der Waals surface area contributed by atoms with Gasteiger partial charge in [0.05, 0.1) is 19.3 Å². The molecule has 0 aromatic heterocycles. The molecule has 0 amide bonds. The number of aliphatic hydroxyl groups is 1. The van der Waals surface area contributed by atoms with Crippen molar-refractivity contribution in [3.8, 4) is 0 Å². The van der Waals surface area contributed by atoms with Gasteiger partial charge >= 0.3 is 0 Å². The van der Waals surface area contributed by atoms with Gasteiger partial charge in [0.2, 0.25) is 0 Å². The van der Waals surface area contributed by atoms with E-state index < -0.39 is 6.10 Å². The van der Waals surface area contributed by atoms with Crippen LogP contribution in [-0.2, 0) is 4.74 Å². The van der Waals surface area contributed by atoms with Crippen LogP contribution in [0.3, 0.4) is 0 Å². The zero-order valence-corrected chi connectivity index (χ0v) is 15.1. The smallest absolute Gasteiger partial charge is 0.0914 e. The summed E-state index contributed by atoms with van der Waals surface area (Å²) in [7, 11) is 0. The van der Waals surface area contributed by atoms with Crippen molar-refractivity contribution in [2.75, 3.05) is 32.8 Å². The van der Waals surface area contributed by atoms with E-state index in [1.54, 1.807) is 0 Å². The van der Waals surface area contributed by atoms with Crippen LogP contribution in [0, 0.1) is 6.92 Å². The minimum Gasteiger partial charge on any atom is -0.387 e. The largest absolute Gasteiger partial charge is 0.387 e. The van der Waals surface area contributed by atoms with Crippen LogP contribution in [0.4, 0.5) is 0 Å². The number of morpholine rings is 1. The third-order valence-corrected chi connectivity index (χ3v) is 5.86. The molecule has 0 radical (unpaired) electrons. The molecule has 1 saturated carbocycles. The van der Waals surface area contributed by atoms with Crippen LogP contribution in [0.5, 0.6) is 0 Å². The first-order valence-electron chi connectivity index (χ1n) is 9.38. The summed E-state index contributed by atoms with van der Waals surface area (Å²) in [5, 5.41) is 14.0. The maximum absolute atomic E-state index is 10.4. The molecular formula is C20H32N2O2. The minimum atomic E-state index is -0.419. The summed E-state index contributed by atoms with van der Waals surface area (Å²) in [6.07, 6.45) is 4.41. The maximum Gasteiger partial charge on any atom is 0.0914 e. The second kappa shape index (κ2) is 7.96. The first kappa shape index (κ1) is 17.9. The van der Waals surface area contributed by atoms with Gasteiger partial charge in [-0.2, -0.15) is 0 Å². The first-order chi connectivity index (χ1) is 11.6. The molecule has 134 valence electrons. The lowest BCUT2D eigenvalue weighted by Crippen LogP contribution is -2.54. The van der Waals surface area contributed by atoms with Gasteiger partial charge in [-0.15, -0.1) is 0 Å². The molecule has 0 spiro atoms. The van der Waals surface area contributed by atoms with Crippen molar-refractivity contribution in [1.29, 1.82) is 0 Å². The van der Waals surface area contributed by atoms with E-state index in [1.807, 2.05) is 12.1 Å². The fraction of sp³-hybridized carbons (Fsp3) is 0.700. The summed E-state index contributed by atoms with van der Waals surface area (Å²) in [6.45, 7) is 9.01. The van der Waals surface area contributed by atoms with Gasteiger partial charge in [0.15, 0.2) is 0 Å². The van der Waals surface area contributed by atoms with E-state index >= 15 is 0 Å². The fourth-order valence-electron chi connectivity index (χ4n) is 4.14. The van der Waals surface area contributed by atoms with Gasteiger partial charge in [0.25, 0.3) is 0 Å². The van der Waals surface area contributed by atoms with Gasteiger partial charge in [-0.05, 0) is 45.1 Å². The van der Waals surface area contributed by atoms with E-state index in [9.17, 15) is 5.11 Å². The number of benzene rings is 1. The molecule has 0 bridgehead atoms. The quantitative estimate of drug-likeness (QED) is 0.870. The molecule has 3 rings (SSSR count). The lowest BCUT2D eigenvalue weighted by Gasteiger charge is -2.47. The monoisotopic (exact) mass is 332 g/mol. The molecular weight excluding hydrogens is 300 g/mol. The number of hydrogen-bond donors (Lipinski definition) is 2. The summed E-state index contributed by atoms with van der Waals surface area (Å²) in [4.78, 5) is 2.62. The zero-order chi connectivity index (χ0) is 17.0. The van der Waals surface area contributed by atoms with Gasteiger partial charge in [-0.1, -0.05) is 29.8 Å². The number of nitrogens with zero attached hydrogens (tertiary/aromatic N) is 1. The molecule has 1 saturated heterocycles. The number of ether oxygens (including phenoxy) is 1. The summed E-state index contributed by atoms with van der Waals surface area (Å²) in [6, 6.07) is 8.69. The topological polar surface area (TPSA) is 44.7 Å². The molecule has 1 heterocycles. The second-order valence-corrected chi connectivity index (χ2v) is 7.71. The molecule has 4 nitrogen and oxygen atoms in total. The Balaban J connectivity index is 1.45. The number of nitrogens with one attached hydrogen (secondary N) is 1. The van der Waals surface area contributed by atoms with E-state index in [-0.39, 0.29) is 0 Å². The Kier molecular flexibility index (Phi) is 5.93. The molecule has 2 aliphatic rings. The van der Waals surface area contributed by atoms with Gasteiger partial charge in [-0.25, -0.2) is 0 Å². The van der Waals surface area contributed by atoms with Crippen LogP contribution in [0.1, 0.15) is 49.8 Å². The van der Waals surface area contributed by atoms with E-state index in [0.29, 0.717) is 18.1 Å². The van der Waals surface area contributed by atoms with Crippen LogP contribution in [0.25, 0.3) is 0 Å². The maximum atomic E-state index is 10.4. The van der Waals surface area contributed by atoms with E-state index in [1.165, 1.54) is 31.2 Å². The lowest BCUT2D eigenvalue weighted by molar-refractivity contribution is -0.0327. The number of hydrogen-bond acceptors (Lipinski definition) is 4. The third-order valence-electron chi connectivity index (χ3n) is 5.86. The Morgan fingerprint density at radius 2 is 2.00 bits per heavy atom. The van der Waals surface area contributed by atoms with Crippen molar-refractivity contribution in [3.63, 3.8) is 0 Å². The van der Waals surface area contributed by atoms with Crippen molar-refractivity contribution in [3.05, 3.63) is 35.4 Å². The SMILES string of the molecule is Cc1cccc(C(O)CNC2CCC(C)(N3CCOCC3)CC2)c1. The van der Waals surface area contributed by atoms with E-state index in [4.69, 9.17) is 4.74 Å². The summed E-state index contributed by atoms with van der Waals surface area (Å²) in [5.74, 6) is 0. The number of aliphatic hydroxyl groups excluding tert-OH is 1. The molecule has 2 fully saturated rings. The van der Waals surface area contributed by atoms with E-state index in [2.05, 4.69) is 36.2 Å². The average Bonchev–Trinajstić information content (AvgIpc) is 2.62. The summed E-state index contributed by atoms with van der Waals surface area (Å²) in [5.41, 5.74) is 2.54. The molecule has 1 aromatic carbocycles. The zero-order valence-electron chi connectivity index (χ0n) is 15.1. The second-order valence-electron chi connectivity index (χ2n) is 7.71. The summed E-state index contributed by atoms with van der Waals surface area (Å²) >= 11 is 0. The highest BCUT2D eigenvalue weighted by atomic mass is 16.5. The Morgan fingerprint density at radius 1 is 1.29 bits per heavy atom. The van der Waals surface area contributed by atoms with Crippen molar-refractivity contribution < 1.29 is 9.84 Å². The first-order valence-corrected chi connectivity index (χ1v) is 9.38. The van der Waals surface area contributed by atoms with Crippen LogP contribution >= 0.6 is 0 Å². The lowest BCUT2D eigenvalue weighted by atomic mass is 9.79. The Bertz CT molecular complexity index is 520. The molecule has 1 aromatic rings. The van der Waals surface area contributed by atoms with Crippen molar-refractivity contribution in [2.24, 2.45) is 0 Å². The van der Waals surface area contributed by atoms with Crippen LogP contribution in [0.15, 0.2) is 24.3 Å². The molecule has 1 aliphatic carbocycles. The Morgan fingerprint density at radius 3 is 2.67 bits per heavy atom. The highest BCUT2D eigenvalue weighted by Gasteiger charge is 2.36. The normalized spacial score (nSPS) is 30.2. The van der Waals surface area contributed by atoms with Crippen LogP contribution in [0.2, 0.25) is 0 Å². The van der Waals surface area contributed by atoms with Crippen LogP contribution in [-0.4, -0.2) is 54.4 Å². The molecule has 24 heavy (non-hydrogen) atoms.